The van der Waals surface area contributed by atoms with Crippen LogP contribution in [0.25, 0.3) is 0 Å². The minimum absolute atomic E-state index is 0.0339. The first kappa shape index (κ1) is 31.7. The highest BCUT2D eigenvalue weighted by Crippen LogP contribution is 2.43. The molecule has 0 aliphatic carbocycles. The van der Waals surface area contributed by atoms with Crippen molar-refractivity contribution in [1.29, 1.82) is 0 Å². The van der Waals surface area contributed by atoms with E-state index in [9.17, 15) is 13.2 Å². The standard InChI is InChI=1S/C35H36N2O7S/c1-42-29-17-13-26(14-18-29)25-36-34(39)35(21-24-45(40,41)31-11-6-3-7-12-31)32(27-9-4-2-5-10-27)44-33(37-35)28-15-19-30(20-16-28)43-23-8-22-38/h2-7,9-20,32,38H,8,21-25H2,1H3,(H,36,39)/t32-,35-/m1/s1. The first-order chi connectivity index (χ1) is 21.8. The van der Waals surface area contributed by atoms with E-state index in [0.29, 0.717) is 35.7 Å². The van der Waals surface area contributed by atoms with Crippen LogP contribution in [0.1, 0.15) is 35.6 Å². The van der Waals surface area contributed by atoms with Crippen LogP contribution in [0.15, 0.2) is 119 Å². The summed E-state index contributed by atoms with van der Waals surface area (Å²) >= 11 is 0. The largest absolute Gasteiger partial charge is 0.497 e. The number of methoxy groups -OCH3 is 1. The fourth-order valence-electron chi connectivity index (χ4n) is 5.11. The first-order valence-corrected chi connectivity index (χ1v) is 16.3. The number of benzene rings is 4. The van der Waals surface area contributed by atoms with Crippen LogP contribution in [0.2, 0.25) is 0 Å². The van der Waals surface area contributed by atoms with Crippen molar-refractivity contribution in [3.8, 4) is 11.5 Å². The van der Waals surface area contributed by atoms with E-state index in [4.69, 9.17) is 24.3 Å². The van der Waals surface area contributed by atoms with Gasteiger partial charge >= 0.3 is 0 Å². The van der Waals surface area contributed by atoms with E-state index in [-0.39, 0.29) is 36.1 Å². The molecule has 0 fully saturated rings. The van der Waals surface area contributed by atoms with Gasteiger partial charge < -0.3 is 24.6 Å². The lowest BCUT2D eigenvalue weighted by molar-refractivity contribution is -0.129. The van der Waals surface area contributed by atoms with Crippen molar-refractivity contribution in [2.45, 2.75) is 35.9 Å². The molecule has 1 aliphatic heterocycles. The molecular formula is C35H36N2O7S. The Bertz CT molecular complexity index is 1690. The molecule has 1 aliphatic rings. The molecule has 0 aromatic heterocycles. The van der Waals surface area contributed by atoms with E-state index in [2.05, 4.69) is 5.32 Å². The van der Waals surface area contributed by atoms with Gasteiger partial charge in [-0.05, 0) is 59.7 Å². The maximum absolute atomic E-state index is 14.3. The zero-order valence-corrected chi connectivity index (χ0v) is 25.8. The average Bonchev–Trinajstić information content (AvgIpc) is 3.49. The van der Waals surface area contributed by atoms with Crippen molar-refractivity contribution < 1.29 is 32.5 Å². The predicted molar refractivity (Wildman–Crippen MR) is 171 cm³/mol. The number of ether oxygens (including phenoxy) is 3. The third kappa shape index (κ3) is 7.53. The number of nitrogens with zero attached hydrogens (tertiary/aromatic N) is 1. The maximum Gasteiger partial charge on any atom is 0.252 e. The average molecular weight is 629 g/mol. The highest BCUT2D eigenvalue weighted by Gasteiger charge is 2.53. The molecular weight excluding hydrogens is 592 g/mol. The van der Waals surface area contributed by atoms with Crippen molar-refractivity contribution >= 4 is 21.6 Å². The van der Waals surface area contributed by atoms with Gasteiger partial charge in [0.1, 0.15) is 11.5 Å². The molecule has 0 unspecified atom stereocenters. The Morgan fingerprint density at radius 3 is 2.20 bits per heavy atom. The number of amides is 1. The van der Waals surface area contributed by atoms with Gasteiger partial charge in [0.15, 0.2) is 21.5 Å². The number of rotatable bonds is 14. The molecule has 45 heavy (non-hydrogen) atoms. The number of carbonyl (C=O) groups is 1. The highest BCUT2D eigenvalue weighted by molar-refractivity contribution is 7.91. The number of hydrogen-bond acceptors (Lipinski definition) is 8. The van der Waals surface area contributed by atoms with Gasteiger partial charge in [0, 0.05) is 31.6 Å². The maximum atomic E-state index is 14.3. The Morgan fingerprint density at radius 2 is 1.56 bits per heavy atom. The molecule has 2 N–H and O–H groups in total. The summed E-state index contributed by atoms with van der Waals surface area (Å²) in [6, 6.07) is 31.8. The second-order valence-electron chi connectivity index (χ2n) is 10.6. The third-order valence-electron chi connectivity index (χ3n) is 7.60. The molecule has 4 aromatic carbocycles. The quantitative estimate of drug-likeness (QED) is 0.191. The summed E-state index contributed by atoms with van der Waals surface area (Å²) in [5.74, 6) is 0.758. The van der Waals surface area contributed by atoms with Crippen molar-refractivity contribution in [1.82, 2.24) is 5.32 Å². The highest BCUT2D eigenvalue weighted by atomic mass is 32.2. The van der Waals surface area contributed by atoms with E-state index >= 15 is 0 Å². The third-order valence-corrected chi connectivity index (χ3v) is 9.33. The lowest BCUT2D eigenvalue weighted by Gasteiger charge is -2.30. The molecule has 234 valence electrons. The Hall–Kier alpha value is -4.67. The van der Waals surface area contributed by atoms with E-state index in [0.717, 1.165) is 5.56 Å². The summed E-state index contributed by atoms with van der Waals surface area (Å²) in [7, 11) is -2.17. The molecule has 0 radical (unpaired) electrons. The van der Waals surface area contributed by atoms with Crippen LogP contribution in [0.3, 0.4) is 0 Å². The van der Waals surface area contributed by atoms with Gasteiger partial charge in [-0.15, -0.1) is 0 Å². The molecule has 0 saturated carbocycles. The van der Waals surface area contributed by atoms with Gasteiger partial charge in [-0.25, -0.2) is 13.4 Å². The monoisotopic (exact) mass is 628 g/mol. The number of aliphatic hydroxyl groups excluding tert-OH is 1. The second-order valence-corrected chi connectivity index (χ2v) is 12.7. The SMILES string of the molecule is COc1ccc(CNC(=O)[C@]2(CCS(=O)(=O)c3ccccc3)N=C(c3ccc(OCCCO)cc3)O[C@@H]2c2ccccc2)cc1. The van der Waals surface area contributed by atoms with Crippen molar-refractivity contribution in [3.05, 3.63) is 126 Å². The molecule has 10 heteroatoms. The summed E-state index contributed by atoms with van der Waals surface area (Å²) in [5, 5.41) is 12.0. The van der Waals surface area contributed by atoms with Crippen LogP contribution >= 0.6 is 0 Å². The fraction of sp³-hybridized carbons (Fsp3) is 0.257. The van der Waals surface area contributed by atoms with Gasteiger partial charge in [0.05, 0.1) is 24.4 Å². The summed E-state index contributed by atoms with van der Waals surface area (Å²) in [6.07, 6.45) is -0.503. The van der Waals surface area contributed by atoms with Crippen LogP contribution < -0.4 is 14.8 Å². The van der Waals surface area contributed by atoms with Gasteiger partial charge in [-0.1, -0.05) is 60.7 Å². The van der Waals surface area contributed by atoms with Crippen LogP contribution in [0.4, 0.5) is 0 Å². The fourth-order valence-corrected chi connectivity index (χ4v) is 6.50. The minimum Gasteiger partial charge on any atom is -0.497 e. The predicted octanol–water partition coefficient (Wildman–Crippen LogP) is 4.89. The Kier molecular flexibility index (Phi) is 10.2. The van der Waals surface area contributed by atoms with Crippen LogP contribution in [0.5, 0.6) is 11.5 Å². The summed E-state index contributed by atoms with van der Waals surface area (Å²) in [5.41, 5.74) is 0.548. The van der Waals surface area contributed by atoms with Crippen molar-refractivity contribution in [3.63, 3.8) is 0 Å². The Morgan fingerprint density at radius 1 is 0.911 bits per heavy atom. The first-order valence-electron chi connectivity index (χ1n) is 14.7. The summed E-state index contributed by atoms with van der Waals surface area (Å²) < 4.78 is 44.3. The van der Waals surface area contributed by atoms with E-state index < -0.39 is 27.4 Å². The molecule has 1 heterocycles. The minimum atomic E-state index is -3.75. The molecule has 0 saturated heterocycles. The van der Waals surface area contributed by atoms with Gasteiger partial charge in [-0.2, -0.15) is 0 Å². The van der Waals surface area contributed by atoms with E-state index in [1.165, 1.54) is 0 Å². The van der Waals surface area contributed by atoms with Crippen LogP contribution in [-0.2, 0) is 25.9 Å². The molecule has 4 aromatic rings. The number of hydrogen-bond donors (Lipinski definition) is 2. The number of sulfone groups is 1. The Balaban J connectivity index is 1.52. The molecule has 1 amide bonds. The van der Waals surface area contributed by atoms with E-state index in [1.54, 1.807) is 61.7 Å². The second kappa shape index (κ2) is 14.4. The number of aliphatic hydroxyl groups is 1. The summed E-state index contributed by atoms with van der Waals surface area (Å²) in [4.78, 5) is 19.4. The number of nitrogens with one attached hydrogen (secondary N) is 1. The van der Waals surface area contributed by atoms with Gasteiger partial charge in [0.2, 0.25) is 5.90 Å². The lowest BCUT2D eigenvalue weighted by Crippen LogP contribution is -2.49. The number of carbonyl (C=O) groups excluding carboxylic acids is 1. The van der Waals surface area contributed by atoms with Crippen LogP contribution in [0, 0.1) is 0 Å². The van der Waals surface area contributed by atoms with Crippen molar-refractivity contribution in [2.75, 3.05) is 26.1 Å². The summed E-state index contributed by atoms with van der Waals surface area (Å²) in [6.45, 7) is 0.602. The Labute approximate surface area is 263 Å². The zero-order chi connectivity index (χ0) is 31.7. The molecule has 9 nitrogen and oxygen atoms in total. The normalized spacial score (nSPS) is 17.6. The molecule has 2 atom stereocenters. The number of aliphatic imine (C=N–C) groups is 1. The molecule has 0 bridgehead atoms. The van der Waals surface area contributed by atoms with Gasteiger partial charge in [0.25, 0.3) is 5.91 Å². The zero-order valence-electron chi connectivity index (χ0n) is 25.0. The van der Waals surface area contributed by atoms with Crippen molar-refractivity contribution in [2.24, 2.45) is 4.99 Å². The lowest BCUT2D eigenvalue weighted by atomic mass is 9.85. The van der Waals surface area contributed by atoms with Gasteiger partial charge in [-0.3, -0.25) is 4.79 Å². The molecule has 5 rings (SSSR count). The van der Waals surface area contributed by atoms with Crippen LogP contribution in [-0.4, -0.2) is 56.9 Å². The van der Waals surface area contributed by atoms with E-state index in [1.807, 2.05) is 54.6 Å². The molecule has 0 spiro atoms. The topological polar surface area (TPSA) is 124 Å². The smallest absolute Gasteiger partial charge is 0.252 e.